The van der Waals surface area contributed by atoms with Gasteiger partial charge in [0.25, 0.3) is 0 Å². The van der Waals surface area contributed by atoms with Crippen LogP contribution < -0.4 is 0 Å². The molecule has 0 amide bonds. The molecule has 0 aromatic carbocycles. The van der Waals surface area contributed by atoms with Crippen LogP contribution in [0.3, 0.4) is 0 Å². The summed E-state index contributed by atoms with van der Waals surface area (Å²) < 4.78 is 6.40. The van der Waals surface area contributed by atoms with Gasteiger partial charge in [0.1, 0.15) is 0 Å². The van der Waals surface area contributed by atoms with Crippen LogP contribution in [0.2, 0.25) is 0 Å². The topological polar surface area (TPSA) is 69.9 Å². The highest BCUT2D eigenvalue weighted by Gasteiger charge is 2.82. The van der Waals surface area contributed by atoms with Gasteiger partial charge in [-0.25, -0.2) is 0 Å². The van der Waals surface area contributed by atoms with Crippen molar-refractivity contribution >= 4 is 0 Å². The zero-order valence-electron chi connectivity index (χ0n) is 17.3. The van der Waals surface area contributed by atoms with Gasteiger partial charge in [0.05, 0.1) is 17.3 Å². The van der Waals surface area contributed by atoms with Crippen LogP contribution in [0, 0.1) is 52.3 Å². The van der Waals surface area contributed by atoms with Crippen LogP contribution in [0.25, 0.3) is 0 Å². The van der Waals surface area contributed by atoms with E-state index in [2.05, 4.69) is 13.8 Å². The molecule has 1 heterocycles. The average Bonchev–Trinajstić information content (AvgIpc) is 3.54. The van der Waals surface area contributed by atoms with E-state index in [-0.39, 0.29) is 22.5 Å². The Hall–Kier alpha value is -0.160. The largest absolute Gasteiger partial charge is 0.393 e. The first-order valence-corrected chi connectivity index (χ1v) is 12.0. The standard InChI is InChI=1S/C24H36O4/c1-21-6-3-12(25)11-23(21,27)16-9-13(16)19-15(21)4-7-22(2)20(19)14-10-17(14)24(22)8-5-18(26)28-24/h12-20,25-27H,3-11H2,1-2H3/t12?,13-,14+,15-,16+,17-,18?,19+,20-,21+,22-,23+,24-/m0/s1. The van der Waals surface area contributed by atoms with E-state index in [0.29, 0.717) is 36.0 Å². The Morgan fingerprint density at radius 2 is 1.57 bits per heavy atom. The van der Waals surface area contributed by atoms with Crippen LogP contribution in [0.1, 0.15) is 71.6 Å². The summed E-state index contributed by atoms with van der Waals surface area (Å²) in [6.45, 7) is 4.88. The molecule has 13 atom stereocenters. The van der Waals surface area contributed by atoms with Crippen LogP contribution in [-0.4, -0.2) is 38.9 Å². The molecule has 1 saturated heterocycles. The lowest BCUT2D eigenvalue weighted by Gasteiger charge is -2.65. The normalized spacial score (nSPS) is 71.2. The van der Waals surface area contributed by atoms with Crippen molar-refractivity contribution in [3.05, 3.63) is 0 Å². The second-order valence-electron chi connectivity index (χ2n) is 12.4. The van der Waals surface area contributed by atoms with E-state index in [1.54, 1.807) is 0 Å². The summed E-state index contributed by atoms with van der Waals surface area (Å²) in [5.41, 5.74) is -0.559. The summed E-state index contributed by atoms with van der Waals surface area (Å²) in [5, 5.41) is 32.5. The van der Waals surface area contributed by atoms with Crippen molar-refractivity contribution in [2.75, 3.05) is 0 Å². The molecule has 0 radical (unpaired) electrons. The minimum Gasteiger partial charge on any atom is -0.393 e. The van der Waals surface area contributed by atoms with Crippen molar-refractivity contribution in [1.29, 1.82) is 0 Å². The highest BCUT2D eigenvalue weighted by Crippen LogP contribution is 2.83. The van der Waals surface area contributed by atoms with Gasteiger partial charge in [-0.15, -0.1) is 0 Å². The molecule has 2 unspecified atom stereocenters. The molecule has 7 fully saturated rings. The Balaban J connectivity index is 1.31. The number of ether oxygens (including phenoxy) is 1. The van der Waals surface area contributed by atoms with E-state index in [1.165, 1.54) is 25.7 Å². The first kappa shape index (κ1) is 17.5. The maximum absolute atomic E-state index is 11.9. The molecular formula is C24H36O4. The molecule has 0 aromatic heterocycles. The summed E-state index contributed by atoms with van der Waals surface area (Å²) in [4.78, 5) is 0. The van der Waals surface area contributed by atoms with E-state index in [9.17, 15) is 15.3 Å². The van der Waals surface area contributed by atoms with E-state index in [1.807, 2.05) is 0 Å². The number of aliphatic hydroxyl groups excluding tert-OH is 2. The Bertz CT molecular complexity index is 740. The van der Waals surface area contributed by atoms with Gasteiger partial charge in [-0.3, -0.25) is 0 Å². The van der Waals surface area contributed by atoms with Gasteiger partial charge >= 0.3 is 0 Å². The van der Waals surface area contributed by atoms with Crippen molar-refractivity contribution < 1.29 is 20.1 Å². The molecule has 6 aliphatic carbocycles. The van der Waals surface area contributed by atoms with Crippen molar-refractivity contribution in [1.82, 2.24) is 0 Å². The van der Waals surface area contributed by atoms with Gasteiger partial charge in [0.2, 0.25) is 0 Å². The summed E-state index contributed by atoms with van der Waals surface area (Å²) in [6, 6.07) is 0. The number of rotatable bonds is 0. The summed E-state index contributed by atoms with van der Waals surface area (Å²) in [5.74, 6) is 4.53. The lowest BCUT2D eigenvalue weighted by molar-refractivity contribution is -0.247. The molecule has 28 heavy (non-hydrogen) atoms. The first-order valence-electron chi connectivity index (χ1n) is 12.0. The summed E-state index contributed by atoms with van der Waals surface area (Å²) in [7, 11) is 0. The molecule has 7 aliphatic rings. The van der Waals surface area contributed by atoms with E-state index in [4.69, 9.17) is 4.74 Å². The number of aliphatic hydroxyl groups is 3. The van der Waals surface area contributed by atoms with Gasteiger partial charge in [-0.1, -0.05) is 13.8 Å². The molecule has 1 spiro atoms. The molecule has 4 nitrogen and oxygen atoms in total. The smallest absolute Gasteiger partial charge is 0.155 e. The summed E-state index contributed by atoms with van der Waals surface area (Å²) >= 11 is 0. The third-order valence-corrected chi connectivity index (χ3v) is 11.9. The average molecular weight is 389 g/mol. The molecule has 156 valence electrons. The lowest BCUT2D eigenvalue weighted by Crippen LogP contribution is -2.65. The predicted molar refractivity (Wildman–Crippen MR) is 103 cm³/mol. The Labute approximate surface area is 168 Å². The maximum atomic E-state index is 11.9. The second-order valence-corrected chi connectivity index (χ2v) is 12.4. The minimum atomic E-state index is -0.649. The highest BCUT2D eigenvalue weighted by molar-refractivity contribution is 5.30. The first-order chi connectivity index (χ1) is 13.3. The monoisotopic (exact) mass is 388 g/mol. The van der Waals surface area contributed by atoms with Gasteiger partial charge in [-0.05, 0) is 91.8 Å². The van der Waals surface area contributed by atoms with Crippen molar-refractivity contribution in [2.45, 2.75) is 95.2 Å². The third-order valence-electron chi connectivity index (χ3n) is 11.9. The third kappa shape index (κ3) is 1.67. The number of hydrogen-bond acceptors (Lipinski definition) is 4. The van der Waals surface area contributed by atoms with E-state index < -0.39 is 11.9 Å². The van der Waals surface area contributed by atoms with Gasteiger partial charge in [0, 0.05) is 18.3 Å². The lowest BCUT2D eigenvalue weighted by atomic mass is 9.42. The molecule has 3 N–H and O–H groups in total. The molecule has 6 saturated carbocycles. The fourth-order valence-corrected chi connectivity index (χ4v) is 10.7. The fraction of sp³-hybridized carbons (Fsp3) is 1.00. The number of hydrogen-bond donors (Lipinski definition) is 3. The van der Waals surface area contributed by atoms with Crippen LogP contribution in [0.15, 0.2) is 0 Å². The summed E-state index contributed by atoms with van der Waals surface area (Å²) in [6.07, 6.45) is 8.25. The highest BCUT2D eigenvalue weighted by atomic mass is 16.6. The quantitative estimate of drug-likeness (QED) is 0.596. The van der Waals surface area contributed by atoms with Gasteiger partial charge in [0.15, 0.2) is 6.29 Å². The van der Waals surface area contributed by atoms with Crippen molar-refractivity contribution in [3.8, 4) is 0 Å². The zero-order chi connectivity index (χ0) is 19.3. The molecule has 1 aliphatic heterocycles. The van der Waals surface area contributed by atoms with Crippen LogP contribution in [-0.2, 0) is 4.74 Å². The van der Waals surface area contributed by atoms with E-state index in [0.717, 1.165) is 37.5 Å². The fourth-order valence-electron chi connectivity index (χ4n) is 10.7. The Kier molecular flexibility index (Phi) is 3.03. The Morgan fingerprint density at radius 1 is 0.821 bits per heavy atom. The zero-order valence-corrected chi connectivity index (χ0v) is 17.3. The predicted octanol–water partition coefficient (Wildman–Crippen LogP) is 3.08. The van der Waals surface area contributed by atoms with Crippen molar-refractivity contribution in [2.24, 2.45) is 52.3 Å². The molecule has 7 rings (SSSR count). The van der Waals surface area contributed by atoms with Crippen LogP contribution in [0.4, 0.5) is 0 Å². The minimum absolute atomic E-state index is 0.0356. The molecule has 0 bridgehead atoms. The number of fused-ring (bicyclic) bond motifs is 12. The SMILES string of the molecule is C[C@]12CC[C@H]3[C@@H]([C@H]4C[C@H]4[C@]4(O)CC(O)CC[C@]34C)[C@@H]1[C@@H]1C[C@@H]1[C@@]21CCC(O)O1. The second kappa shape index (κ2) is 4.84. The van der Waals surface area contributed by atoms with Gasteiger partial charge < -0.3 is 20.1 Å². The molecule has 4 heteroatoms. The van der Waals surface area contributed by atoms with Gasteiger partial charge in [-0.2, -0.15) is 0 Å². The van der Waals surface area contributed by atoms with Crippen molar-refractivity contribution in [3.63, 3.8) is 0 Å². The molecule has 0 aromatic rings. The van der Waals surface area contributed by atoms with Crippen LogP contribution in [0.5, 0.6) is 0 Å². The maximum Gasteiger partial charge on any atom is 0.155 e. The Morgan fingerprint density at radius 3 is 2.32 bits per heavy atom. The van der Waals surface area contributed by atoms with E-state index >= 15 is 0 Å². The molecular weight excluding hydrogens is 352 g/mol. The van der Waals surface area contributed by atoms with Crippen LogP contribution >= 0.6 is 0 Å².